The molecule has 0 bridgehead atoms. The molecule has 26 heavy (non-hydrogen) atoms. The molecule has 0 aromatic heterocycles. The zero-order chi connectivity index (χ0) is 19.7. The molecule has 1 unspecified atom stereocenters. The third-order valence-corrected chi connectivity index (χ3v) is 3.76. The minimum Gasteiger partial charge on any atom is -0.477 e. The molecule has 0 radical (unpaired) electrons. The molecule has 0 aliphatic heterocycles. The van der Waals surface area contributed by atoms with Crippen molar-refractivity contribution in [3.63, 3.8) is 0 Å². The Labute approximate surface area is 153 Å². The average molecular weight is 366 g/mol. The Bertz CT molecular complexity index is 645. The fourth-order valence-corrected chi connectivity index (χ4v) is 2.39. The Morgan fingerprint density at radius 1 is 1.23 bits per heavy atom. The predicted octanol–water partition coefficient (Wildman–Crippen LogP) is 3.09. The first-order valence-electron chi connectivity index (χ1n) is 8.53. The summed E-state index contributed by atoms with van der Waals surface area (Å²) in [5.74, 6) is -0.499. The lowest BCUT2D eigenvalue weighted by atomic mass is 10.0. The highest BCUT2D eigenvalue weighted by molar-refractivity contribution is 5.90. The van der Waals surface area contributed by atoms with Crippen LogP contribution in [0.2, 0.25) is 0 Å². The van der Waals surface area contributed by atoms with Crippen LogP contribution in [0.1, 0.15) is 50.4 Å². The Morgan fingerprint density at radius 3 is 2.50 bits per heavy atom. The van der Waals surface area contributed by atoms with Crippen LogP contribution in [0.25, 0.3) is 0 Å². The predicted molar refractivity (Wildman–Crippen MR) is 96.2 cm³/mol. The van der Waals surface area contributed by atoms with Gasteiger partial charge in [0, 0.05) is 12.1 Å². The van der Waals surface area contributed by atoms with Crippen LogP contribution in [-0.2, 0) is 9.53 Å². The molecule has 0 saturated heterocycles. The number of amides is 1. The van der Waals surface area contributed by atoms with Gasteiger partial charge >= 0.3 is 11.7 Å². The van der Waals surface area contributed by atoms with Gasteiger partial charge in [0.1, 0.15) is 0 Å². The molecule has 0 heterocycles. The quantitative estimate of drug-likeness (QED) is 0.387. The van der Waals surface area contributed by atoms with Gasteiger partial charge in [-0.15, -0.1) is 0 Å². The van der Waals surface area contributed by atoms with Gasteiger partial charge in [0.05, 0.1) is 17.6 Å². The number of nitrogens with one attached hydrogen (secondary N) is 1. The van der Waals surface area contributed by atoms with Crippen molar-refractivity contribution in [3.05, 3.63) is 33.9 Å². The fourth-order valence-electron chi connectivity index (χ4n) is 2.39. The molecular weight excluding hydrogens is 340 g/mol. The van der Waals surface area contributed by atoms with E-state index in [0.717, 1.165) is 25.3 Å². The van der Waals surface area contributed by atoms with Gasteiger partial charge in [-0.05, 0) is 31.4 Å². The van der Waals surface area contributed by atoms with Crippen LogP contribution in [0, 0.1) is 16.0 Å². The molecule has 1 atom stereocenters. The van der Waals surface area contributed by atoms with E-state index in [2.05, 4.69) is 23.9 Å². The van der Waals surface area contributed by atoms with Crippen molar-refractivity contribution in [2.75, 3.05) is 13.7 Å². The molecule has 1 rings (SSSR count). The highest BCUT2D eigenvalue weighted by Crippen LogP contribution is 2.28. The number of methoxy groups -OCH3 is 1. The van der Waals surface area contributed by atoms with Crippen LogP contribution in [0.15, 0.2) is 18.2 Å². The number of hydrogen-bond donors (Lipinski definition) is 1. The van der Waals surface area contributed by atoms with E-state index in [-0.39, 0.29) is 29.9 Å². The van der Waals surface area contributed by atoms with Crippen molar-refractivity contribution < 1.29 is 24.0 Å². The van der Waals surface area contributed by atoms with Crippen molar-refractivity contribution in [3.8, 4) is 5.75 Å². The molecule has 1 aromatic rings. The van der Waals surface area contributed by atoms with E-state index in [4.69, 9.17) is 4.74 Å². The van der Waals surface area contributed by atoms with E-state index < -0.39 is 16.6 Å². The van der Waals surface area contributed by atoms with Gasteiger partial charge in [-0.3, -0.25) is 14.9 Å². The smallest absolute Gasteiger partial charge is 0.338 e. The van der Waals surface area contributed by atoms with Crippen LogP contribution in [0.3, 0.4) is 0 Å². The van der Waals surface area contributed by atoms with Crippen molar-refractivity contribution in [2.24, 2.45) is 5.92 Å². The summed E-state index contributed by atoms with van der Waals surface area (Å²) in [7, 11) is 1.19. The first kappa shape index (κ1) is 21.4. The summed E-state index contributed by atoms with van der Waals surface area (Å²) in [6, 6.07) is 3.69. The van der Waals surface area contributed by atoms with Crippen LogP contribution in [0.5, 0.6) is 5.75 Å². The lowest BCUT2D eigenvalue weighted by Gasteiger charge is -2.15. The normalized spacial score (nSPS) is 11.7. The number of nitrogens with zero attached hydrogens (tertiary/aromatic N) is 1. The first-order chi connectivity index (χ1) is 12.2. The summed E-state index contributed by atoms with van der Waals surface area (Å²) in [5.41, 5.74) is -0.361. The Morgan fingerprint density at radius 2 is 1.92 bits per heavy atom. The third kappa shape index (κ3) is 7.08. The monoisotopic (exact) mass is 366 g/mol. The van der Waals surface area contributed by atoms with E-state index in [1.807, 2.05) is 6.92 Å². The van der Waals surface area contributed by atoms with Gasteiger partial charge in [-0.2, -0.15) is 0 Å². The summed E-state index contributed by atoms with van der Waals surface area (Å²) in [4.78, 5) is 33.9. The third-order valence-electron chi connectivity index (χ3n) is 3.76. The fraction of sp³-hybridized carbons (Fsp3) is 0.556. The van der Waals surface area contributed by atoms with Gasteiger partial charge in [-0.1, -0.05) is 26.7 Å². The lowest BCUT2D eigenvalue weighted by Crippen LogP contribution is -2.36. The summed E-state index contributed by atoms with van der Waals surface area (Å²) in [5, 5.41) is 14.0. The number of benzene rings is 1. The van der Waals surface area contributed by atoms with Crippen molar-refractivity contribution >= 4 is 17.6 Å². The number of carbonyl (C=O) groups excluding carboxylic acids is 2. The number of carbonyl (C=O) groups is 2. The number of ether oxygens (including phenoxy) is 2. The van der Waals surface area contributed by atoms with Crippen LogP contribution in [0.4, 0.5) is 5.69 Å². The highest BCUT2D eigenvalue weighted by atomic mass is 16.6. The zero-order valence-corrected chi connectivity index (χ0v) is 15.6. The van der Waals surface area contributed by atoms with Crippen LogP contribution < -0.4 is 10.1 Å². The second-order valence-electron chi connectivity index (χ2n) is 6.51. The molecule has 0 aliphatic rings. The van der Waals surface area contributed by atoms with E-state index in [1.54, 1.807) is 0 Å². The second kappa shape index (κ2) is 10.4. The maximum absolute atomic E-state index is 11.9. The topological polar surface area (TPSA) is 108 Å². The summed E-state index contributed by atoms with van der Waals surface area (Å²) in [6.07, 6.45) is 2.97. The second-order valence-corrected chi connectivity index (χ2v) is 6.51. The molecule has 144 valence electrons. The number of nitro groups is 1. The zero-order valence-electron chi connectivity index (χ0n) is 15.6. The van der Waals surface area contributed by atoms with Crippen molar-refractivity contribution in [2.45, 2.75) is 46.1 Å². The summed E-state index contributed by atoms with van der Waals surface area (Å²) in [6.45, 7) is 5.86. The molecule has 0 saturated carbocycles. The molecule has 1 aromatic carbocycles. The minimum atomic E-state index is -0.687. The SMILES string of the molecule is COC(=O)c1ccc(OCC(=O)NC(C)CCCC(C)C)c([N+](=O)[O-])c1. The average Bonchev–Trinajstić information content (AvgIpc) is 2.58. The molecule has 0 spiro atoms. The lowest BCUT2D eigenvalue weighted by molar-refractivity contribution is -0.385. The highest BCUT2D eigenvalue weighted by Gasteiger charge is 2.20. The first-order valence-corrected chi connectivity index (χ1v) is 8.53. The molecular formula is C18H26N2O6. The standard InChI is InChI=1S/C18H26N2O6/c1-12(2)6-5-7-13(3)19-17(21)11-26-16-9-8-14(18(22)25-4)10-15(16)20(23)24/h8-10,12-13H,5-7,11H2,1-4H3,(H,19,21). The van der Waals surface area contributed by atoms with Gasteiger partial charge in [0.2, 0.25) is 0 Å². The van der Waals surface area contributed by atoms with E-state index >= 15 is 0 Å². The van der Waals surface area contributed by atoms with E-state index in [9.17, 15) is 19.7 Å². The molecule has 8 nitrogen and oxygen atoms in total. The Hall–Kier alpha value is -2.64. The number of rotatable bonds is 10. The number of esters is 1. The van der Waals surface area contributed by atoms with Crippen LogP contribution >= 0.6 is 0 Å². The maximum atomic E-state index is 11.9. The Kier molecular flexibility index (Phi) is 8.54. The maximum Gasteiger partial charge on any atom is 0.338 e. The van der Waals surface area contributed by atoms with Gasteiger partial charge < -0.3 is 14.8 Å². The summed E-state index contributed by atoms with van der Waals surface area (Å²) < 4.78 is 9.80. The Balaban J connectivity index is 2.61. The van der Waals surface area contributed by atoms with Crippen LogP contribution in [-0.4, -0.2) is 36.6 Å². The van der Waals surface area contributed by atoms with E-state index in [1.165, 1.54) is 19.2 Å². The number of hydrogen-bond acceptors (Lipinski definition) is 6. The van der Waals surface area contributed by atoms with Crippen molar-refractivity contribution in [1.82, 2.24) is 5.32 Å². The molecule has 0 fully saturated rings. The van der Waals surface area contributed by atoms with Gasteiger partial charge in [-0.25, -0.2) is 4.79 Å². The van der Waals surface area contributed by atoms with Crippen molar-refractivity contribution in [1.29, 1.82) is 0 Å². The molecule has 1 N–H and O–H groups in total. The van der Waals surface area contributed by atoms with Gasteiger partial charge in [0.15, 0.2) is 12.4 Å². The number of nitro benzene ring substituents is 1. The molecule has 1 amide bonds. The minimum absolute atomic E-state index is 0.00142. The molecule has 8 heteroatoms. The van der Waals surface area contributed by atoms with E-state index in [0.29, 0.717) is 5.92 Å². The van der Waals surface area contributed by atoms with Gasteiger partial charge in [0.25, 0.3) is 5.91 Å². The largest absolute Gasteiger partial charge is 0.477 e. The summed E-state index contributed by atoms with van der Waals surface area (Å²) >= 11 is 0. The molecule has 0 aliphatic carbocycles.